The molecule has 0 aliphatic heterocycles. The minimum absolute atomic E-state index is 0.105. The average molecular weight is 1490 g/mol. The second-order valence-corrected chi connectivity index (χ2v) is 34.2. The number of ether oxygens (including phenoxy) is 4. The first-order valence-electron chi connectivity index (χ1n) is 42.8. The number of unbranched alkanes of at least 4 members (excludes halogenated alkanes) is 49. The van der Waals surface area contributed by atoms with Crippen LogP contribution in [0.1, 0.15) is 434 Å². The van der Waals surface area contributed by atoms with Gasteiger partial charge in [0.15, 0.2) is 12.2 Å². The number of aliphatic hydroxyl groups is 1. The summed E-state index contributed by atoms with van der Waals surface area (Å²) in [5.74, 6) is 0.140. The van der Waals surface area contributed by atoms with Gasteiger partial charge in [0.1, 0.15) is 19.3 Å². The van der Waals surface area contributed by atoms with Gasteiger partial charge >= 0.3 is 39.5 Å². The number of aliphatic hydroxyl groups excluding tert-OH is 1. The highest BCUT2D eigenvalue weighted by molar-refractivity contribution is 7.47. The highest BCUT2D eigenvalue weighted by atomic mass is 31.2. The summed E-state index contributed by atoms with van der Waals surface area (Å²) in [6.07, 6.45) is 62.8. The fourth-order valence-electron chi connectivity index (χ4n) is 12.8. The lowest BCUT2D eigenvalue weighted by Crippen LogP contribution is -2.30. The summed E-state index contributed by atoms with van der Waals surface area (Å²) < 4.78 is 68.7. The van der Waals surface area contributed by atoms with Gasteiger partial charge in [0, 0.05) is 25.7 Å². The molecule has 0 saturated heterocycles. The van der Waals surface area contributed by atoms with Crippen molar-refractivity contribution in [1.82, 2.24) is 0 Å². The van der Waals surface area contributed by atoms with Gasteiger partial charge in [-0.05, 0) is 43.4 Å². The third-order valence-corrected chi connectivity index (χ3v) is 21.3. The summed E-state index contributed by atoms with van der Waals surface area (Å²) in [6.45, 7) is 11.9. The van der Waals surface area contributed by atoms with Gasteiger partial charge in [0.2, 0.25) is 0 Å². The van der Waals surface area contributed by atoms with Crippen molar-refractivity contribution in [3.63, 3.8) is 0 Å². The van der Waals surface area contributed by atoms with Crippen molar-refractivity contribution in [2.24, 2.45) is 17.8 Å². The van der Waals surface area contributed by atoms with Crippen molar-refractivity contribution in [2.75, 3.05) is 39.6 Å². The highest BCUT2D eigenvalue weighted by Crippen LogP contribution is 2.45. The molecule has 0 heterocycles. The summed E-state index contributed by atoms with van der Waals surface area (Å²) in [4.78, 5) is 73.0. The molecule has 0 amide bonds. The van der Waals surface area contributed by atoms with E-state index in [0.29, 0.717) is 31.6 Å². The van der Waals surface area contributed by atoms with Crippen LogP contribution in [0.2, 0.25) is 0 Å². The van der Waals surface area contributed by atoms with Gasteiger partial charge in [-0.1, -0.05) is 382 Å². The van der Waals surface area contributed by atoms with Crippen molar-refractivity contribution < 1.29 is 80.2 Å². The fourth-order valence-corrected chi connectivity index (χ4v) is 14.4. The summed E-state index contributed by atoms with van der Waals surface area (Å²) in [6, 6.07) is 0. The summed E-state index contributed by atoms with van der Waals surface area (Å²) >= 11 is 0. The van der Waals surface area contributed by atoms with E-state index in [1.807, 2.05) is 0 Å². The standard InChI is InChI=1S/C83H162O17P2/c1-8-9-10-11-12-13-14-15-16-17-18-22-25-28-31-37-42-50-57-64-80(85)93-70-78(99-82(87)66-59-52-43-38-32-29-26-23-20-19-21-24-27-30-35-40-47-54-61-74(2)3)72-97-101(89,90)95-68-77(84)69-96-102(91,92)98-73-79(71-94-81(86)65-58-51-46-45-49-56-63-76(6)7)100-83(88)67-60-53-44-39-34-33-36-41-48-55-62-75(4)5/h74-79,84H,8-73H2,1-7H3,(H,89,90)(H,91,92)/t77-,78-,79-/m1/s1. The molecule has 0 fully saturated rings. The van der Waals surface area contributed by atoms with Crippen molar-refractivity contribution >= 4 is 39.5 Å². The SMILES string of the molecule is CCCCCCCCCCCCCCCCCCCCCC(=O)OC[C@H](COP(=O)(O)OC[C@@H](O)COP(=O)(O)OC[C@@H](COC(=O)CCCCCCCCC(C)C)OC(=O)CCCCCCCCCCCCC(C)C)OC(=O)CCCCCCCCCCCCCCCCCCCCC(C)C. The van der Waals surface area contributed by atoms with Crippen LogP contribution in [-0.4, -0.2) is 96.7 Å². The molecule has 0 radical (unpaired) electrons. The maximum atomic E-state index is 13.1. The number of hydrogen-bond acceptors (Lipinski definition) is 15. The number of esters is 4. The number of hydrogen-bond donors (Lipinski definition) is 3. The fraction of sp³-hybridized carbons (Fsp3) is 0.952. The number of rotatable bonds is 81. The molecule has 0 bridgehead atoms. The molecule has 17 nitrogen and oxygen atoms in total. The van der Waals surface area contributed by atoms with Crippen LogP contribution >= 0.6 is 15.6 Å². The first kappa shape index (κ1) is 100. The van der Waals surface area contributed by atoms with Gasteiger partial charge in [-0.2, -0.15) is 0 Å². The minimum atomic E-state index is -4.96. The third-order valence-electron chi connectivity index (χ3n) is 19.4. The second kappa shape index (κ2) is 73.2. The average Bonchev–Trinajstić information content (AvgIpc) is 0.911. The molecule has 2 unspecified atom stereocenters. The van der Waals surface area contributed by atoms with E-state index >= 15 is 0 Å². The lowest BCUT2D eigenvalue weighted by molar-refractivity contribution is -0.161. The molecule has 0 aromatic carbocycles. The van der Waals surface area contributed by atoms with Crippen LogP contribution in [-0.2, 0) is 65.4 Å². The lowest BCUT2D eigenvalue weighted by atomic mass is 10.0. The molecule has 0 spiro atoms. The molecule has 0 aromatic rings. The molecule has 3 N–H and O–H groups in total. The van der Waals surface area contributed by atoms with Crippen molar-refractivity contribution in [3.05, 3.63) is 0 Å². The van der Waals surface area contributed by atoms with E-state index < -0.39 is 97.5 Å². The van der Waals surface area contributed by atoms with Gasteiger partial charge in [0.25, 0.3) is 0 Å². The topological polar surface area (TPSA) is 237 Å². The molecule has 0 aliphatic rings. The predicted molar refractivity (Wildman–Crippen MR) is 418 cm³/mol. The number of carbonyl (C=O) groups is 4. The van der Waals surface area contributed by atoms with Crippen LogP contribution in [0.25, 0.3) is 0 Å². The molecule has 0 aliphatic carbocycles. The Hall–Kier alpha value is -1.94. The van der Waals surface area contributed by atoms with E-state index in [0.717, 1.165) is 108 Å². The first-order valence-corrected chi connectivity index (χ1v) is 45.8. The highest BCUT2D eigenvalue weighted by Gasteiger charge is 2.30. The van der Waals surface area contributed by atoms with Gasteiger partial charge in [-0.25, -0.2) is 9.13 Å². The Morgan fingerprint density at radius 1 is 0.265 bits per heavy atom. The summed E-state index contributed by atoms with van der Waals surface area (Å²) in [7, 11) is -9.92. The Bertz CT molecular complexity index is 1970. The third kappa shape index (κ3) is 76.3. The van der Waals surface area contributed by atoms with Crippen LogP contribution in [0.4, 0.5) is 0 Å². The molecular formula is C83H162O17P2. The van der Waals surface area contributed by atoms with Crippen LogP contribution in [0.5, 0.6) is 0 Å². The van der Waals surface area contributed by atoms with Crippen molar-refractivity contribution in [1.29, 1.82) is 0 Å². The summed E-state index contributed by atoms with van der Waals surface area (Å²) in [5.41, 5.74) is 0. The Labute approximate surface area is 626 Å². The van der Waals surface area contributed by atoms with Gasteiger partial charge in [-0.15, -0.1) is 0 Å². The van der Waals surface area contributed by atoms with Gasteiger partial charge in [0.05, 0.1) is 26.4 Å². The molecular weight excluding hydrogens is 1330 g/mol. The molecule has 5 atom stereocenters. The smallest absolute Gasteiger partial charge is 0.462 e. The Morgan fingerprint density at radius 3 is 0.667 bits per heavy atom. The minimum Gasteiger partial charge on any atom is -0.462 e. The number of carbonyl (C=O) groups excluding carboxylic acids is 4. The molecule has 0 aromatic heterocycles. The summed E-state index contributed by atoms with van der Waals surface area (Å²) in [5, 5.41) is 10.6. The van der Waals surface area contributed by atoms with E-state index in [-0.39, 0.29) is 25.7 Å². The lowest BCUT2D eigenvalue weighted by Gasteiger charge is -2.21. The van der Waals surface area contributed by atoms with E-state index in [1.54, 1.807) is 0 Å². The van der Waals surface area contributed by atoms with Gasteiger partial charge < -0.3 is 33.8 Å². The Morgan fingerprint density at radius 2 is 0.451 bits per heavy atom. The van der Waals surface area contributed by atoms with Crippen molar-refractivity contribution in [3.8, 4) is 0 Å². The normalized spacial score (nSPS) is 13.9. The van der Waals surface area contributed by atoms with E-state index in [9.17, 15) is 43.2 Å². The number of phosphoric acid groups is 2. The quantitative estimate of drug-likeness (QED) is 0.0222. The van der Waals surface area contributed by atoms with Crippen LogP contribution < -0.4 is 0 Å². The zero-order valence-corrected chi connectivity index (χ0v) is 68.9. The van der Waals surface area contributed by atoms with Gasteiger partial charge in [-0.3, -0.25) is 37.3 Å². The Kier molecular flexibility index (Phi) is 71.8. The maximum absolute atomic E-state index is 13.1. The van der Waals surface area contributed by atoms with E-state index in [1.165, 1.54) is 238 Å². The molecule has 19 heteroatoms. The zero-order chi connectivity index (χ0) is 75.1. The van der Waals surface area contributed by atoms with E-state index in [2.05, 4.69) is 48.5 Å². The molecule has 102 heavy (non-hydrogen) atoms. The largest absolute Gasteiger partial charge is 0.472 e. The molecule has 0 saturated carbocycles. The molecule has 0 rings (SSSR count). The van der Waals surface area contributed by atoms with Crippen LogP contribution in [0.15, 0.2) is 0 Å². The van der Waals surface area contributed by atoms with E-state index in [4.69, 9.17) is 37.0 Å². The molecule has 606 valence electrons. The van der Waals surface area contributed by atoms with Crippen molar-refractivity contribution in [2.45, 2.75) is 452 Å². The zero-order valence-electron chi connectivity index (χ0n) is 67.1. The maximum Gasteiger partial charge on any atom is 0.472 e. The van der Waals surface area contributed by atoms with Crippen LogP contribution in [0, 0.1) is 17.8 Å². The predicted octanol–water partition coefficient (Wildman–Crippen LogP) is 24.9. The second-order valence-electron chi connectivity index (χ2n) is 31.3. The number of phosphoric ester groups is 2. The van der Waals surface area contributed by atoms with Crippen LogP contribution in [0.3, 0.4) is 0 Å². The Balaban J connectivity index is 5.20. The first-order chi connectivity index (χ1) is 49.2. The monoisotopic (exact) mass is 1490 g/mol.